The lowest BCUT2D eigenvalue weighted by molar-refractivity contribution is -0.120. The van der Waals surface area contributed by atoms with E-state index in [1.807, 2.05) is 44.1 Å². The van der Waals surface area contributed by atoms with Crippen LogP contribution in [0.25, 0.3) is 28.0 Å². The van der Waals surface area contributed by atoms with Crippen LogP contribution in [0.3, 0.4) is 0 Å². The standard InChI is InChI=1S/C27H27FN2O/c1-18-24(15-19-8-9-20-6-4-5-7-21(20)14-19)23-11-10-22(28)16-26(23)25(18)17-27(31)29-12-13-30(2)3/h4-11,14-16H,12-13,17H2,1-3H3,(H,29,31)/b24-15-. The quantitative estimate of drug-likeness (QED) is 0.588. The number of hydrogen-bond donors (Lipinski definition) is 1. The molecule has 3 aromatic rings. The molecule has 158 valence electrons. The maximum Gasteiger partial charge on any atom is 0.224 e. The summed E-state index contributed by atoms with van der Waals surface area (Å²) in [5.41, 5.74) is 5.83. The van der Waals surface area contributed by atoms with Crippen molar-refractivity contribution in [2.24, 2.45) is 0 Å². The van der Waals surface area contributed by atoms with Crippen molar-refractivity contribution in [2.45, 2.75) is 13.3 Å². The van der Waals surface area contributed by atoms with Crippen LogP contribution < -0.4 is 5.32 Å². The van der Waals surface area contributed by atoms with Gasteiger partial charge in [-0.05, 0) is 89.5 Å². The van der Waals surface area contributed by atoms with Gasteiger partial charge in [0.25, 0.3) is 0 Å². The van der Waals surface area contributed by atoms with E-state index in [4.69, 9.17) is 0 Å². The molecule has 1 N–H and O–H groups in total. The molecule has 0 fully saturated rings. The number of nitrogens with one attached hydrogen (secondary N) is 1. The van der Waals surface area contributed by atoms with Gasteiger partial charge in [-0.3, -0.25) is 4.79 Å². The normalized spacial score (nSPS) is 14.5. The van der Waals surface area contributed by atoms with Crippen molar-refractivity contribution < 1.29 is 9.18 Å². The van der Waals surface area contributed by atoms with E-state index in [0.29, 0.717) is 6.54 Å². The first-order chi connectivity index (χ1) is 14.9. The van der Waals surface area contributed by atoms with Crippen LogP contribution in [-0.4, -0.2) is 38.0 Å². The number of amides is 1. The average molecular weight is 415 g/mol. The third-order valence-corrected chi connectivity index (χ3v) is 5.76. The Labute approximate surface area is 182 Å². The highest BCUT2D eigenvalue weighted by Gasteiger charge is 2.25. The van der Waals surface area contributed by atoms with Gasteiger partial charge < -0.3 is 10.2 Å². The van der Waals surface area contributed by atoms with Gasteiger partial charge >= 0.3 is 0 Å². The monoisotopic (exact) mass is 414 g/mol. The third-order valence-electron chi connectivity index (χ3n) is 5.76. The van der Waals surface area contributed by atoms with Crippen LogP contribution in [0.2, 0.25) is 0 Å². The number of benzene rings is 3. The van der Waals surface area contributed by atoms with Gasteiger partial charge in [0.1, 0.15) is 5.82 Å². The van der Waals surface area contributed by atoms with Crippen molar-refractivity contribution in [3.8, 4) is 0 Å². The van der Waals surface area contributed by atoms with Crippen LogP contribution in [0, 0.1) is 5.82 Å². The van der Waals surface area contributed by atoms with Gasteiger partial charge in [-0.15, -0.1) is 0 Å². The first kappa shape index (κ1) is 21.0. The predicted octanol–water partition coefficient (Wildman–Crippen LogP) is 5.37. The molecular formula is C27H27FN2O. The van der Waals surface area contributed by atoms with Crippen LogP contribution in [0.1, 0.15) is 30.0 Å². The molecule has 1 aliphatic rings. The fourth-order valence-electron chi connectivity index (χ4n) is 4.09. The Balaban J connectivity index is 1.68. The minimum Gasteiger partial charge on any atom is -0.355 e. The molecule has 1 amide bonds. The Kier molecular flexibility index (Phi) is 6.01. The van der Waals surface area contributed by atoms with Gasteiger partial charge in [0.15, 0.2) is 0 Å². The van der Waals surface area contributed by atoms with Crippen molar-refractivity contribution in [2.75, 3.05) is 27.2 Å². The van der Waals surface area contributed by atoms with Gasteiger partial charge in [0, 0.05) is 13.1 Å². The molecule has 3 aromatic carbocycles. The minimum absolute atomic E-state index is 0.0432. The summed E-state index contributed by atoms with van der Waals surface area (Å²) in [6, 6.07) is 19.5. The number of nitrogens with zero attached hydrogens (tertiary/aromatic N) is 1. The SMILES string of the molecule is CC1=C(CC(=O)NCCN(C)C)c2cc(F)ccc2/C1=C\c1ccc2ccccc2c1. The number of hydrogen-bond acceptors (Lipinski definition) is 2. The van der Waals surface area contributed by atoms with Crippen LogP contribution in [0.4, 0.5) is 4.39 Å². The molecule has 0 unspecified atom stereocenters. The summed E-state index contributed by atoms with van der Waals surface area (Å²) >= 11 is 0. The number of halogens is 1. The largest absolute Gasteiger partial charge is 0.355 e. The molecule has 0 saturated heterocycles. The van der Waals surface area contributed by atoms with Crippen molar-refractivity contribution in [3.05, 3.63) is 88.7 Å². The molecule has 0 radical (unpaired) electrons. The second kappa shape index (κ2) is 8.86. The van der Waals surface area contributed by atoms with E-state index in [2.05, 4.69) is 41.7 Å². The zero-order valence-corrected chi connectivity index (χ0v) is 18.2. The molecule has 0 aliphatic heterocycles. The second-order valence-corrected chi connectivity index (χ2v) is 8.29. The number of fused-ring (bicyclic) bond motifs is 2. The van der Waals surface area contributed by atoms with E-state index in [9.17, 15) is 9.18 Å². The first-order valence-electron chi connectivity index (χ1n) is 10.5. The molecule has 0 aromatic heterocycles. The lowest BCUT2D eigenvalue weighted by Gasteiger charge is -2.11. The maximum absolute atomic E-state index is 14.1. The van der Waals surface area contributed by atoms with Crippen molar-refractivity contribution in [1.82, 2.24) is 10.2 Å². The van der Waals surface area contributed by atoms with Crippen LogP contribution in [0.5, 0.6) is 0 Å². The highest BCUT2D eigenvalue weighted by molar-refractivity contribution is 6.08. The average Bonchev–Trinajstić information content (AvgIpc) is 2.98. The lowest BCUT2D eigenvalue weighted by Crippen LogP contribution is -2.31. The molecule has 31 heavy (non-hydrogen) atoms. The molecule has 1 aliphatic carbocycles. The maximum atomic E-state index is 14.1. The summed E-state index contributed by atoms with van der Waals surface area (Å²) in [5, 5.41) is 5.34. The molecule has 3 nitrogen and oxygen atoms in total. The third kappa shape index (κ3) is 4.59. The van der Waals surface area contributed by atoms with Gasteiger partial charge in [0.2, 0.25) is 5.91 Å². The zero-order valence-electron chi connectivity index (χ0n) is 18.2. The number of carbonyl (C=O) groups is 1. The highest BCUT2D eigenvalue weighted by atomic mass is 19.1. The smallest absolute Gasteiger partial charge is 0.224 e. The molecule has 4 rings (SSSR count). The van der Waals surface area contributed by atoms with Crippen molar-refractivity contribution in [3.63, 3.8) is 0 Å². The van der Waals surface area contributed by atoms with E-state index >= 15 is 0 Å². The molecule has 0 spiro atoms. The lowest BCUT2D eigenvalue weighted by atomic mass is 9.99. The zero-order chi connectivity index (χ0) is 22.0. The summed E-state index contributed by atoms with van der Waals surface area (Å²) in [4.78, 5) is 14.6. The number of allylic oxidation sites excluding steroid dienone is 2. The molecule has 0 heterocycles. The Bertz CT molecular complexity index is 1210. The van der Waals surface area contributed by atoms with Crippen LogP contribution in [-0.2, 0) is 4.79 Å². The topological polar surface area (TPSA) is 32.3 Å². The van der Waals surface area contributed by atoms with Crippen molar-refractivity contribution in [1.29, 1.82) is 0 Å². The molecule has 0 atom stereocenters. The Hall–Kier alpha value is -3.24. The van der Waals surface area contributed by atoms with Gasteiger partial charge in [-0.2, -0.15) is 0 Å². The summed E-state index contributed by atoms with van der Waals surface area (Å²) in [6.45, 7) is 3.39. The summed E-state index contributed by atoms with van der Waals surface area (Å²) in [6.07, 6.45) is 2.38. The Morgan fingerprint density at radius 1 is 1.00 bits per heavy atom. The summed E-state index contributed by atoms with van der Waals surface area (Å²) in [7, 11) is 3.94. The van der Waals surface area contributed by atoms with Gasteiger partial charge in [-0.1, -0.05) is 42.5 Å². The van der Waals surface area contributed by atoms with E-state index in [-0.39, 0.29) is 18.1 Å². The predicted molar refractivity (Wildman–Crippen MR) is 127 cm³/mol. The molecular weight excluding hydrogens is 387 g/mol. The van der Waals surface area contributed by atoms with E-state index in [1.165, 1.54) is 16.8 Å². The van der Waals surface area contributed by atoms with E-state index in [0.717, 1.165) is 40.0 Å². The van der Waals surface area contributed by atoms with E-state index in [1.54, 1.807) is 6.07 Å². The summed E-state index contributed by atoms with van der Waals surface area (Å²) < 4.78 is 14.1. The van der Waals surface area contributed by atoms with Crippen LogP contribution in [0.15, 0.2) is 66.2 Å². The highest BCUT2D eigenvalue weighted by Crippen LogP contribution is 2.43. The van der Waals surface area contributed by atoms with Gasteiger partial charge in [-0.25, -0.2) is 4.39 Å². The second-order valence-electron chi connectivity index (χ2n) is 8.29. The molecule has 0 bridgehead atoms. The Morgan fingerprint density at radius 3 is 2.55 bits per heavy atom. The fourth-order valence-corrected chi connectivity index (χ4v) is 4.09. The van der Waals surface area contributed by atoms with E-state index < -0.39 is 0 Å². The number of rotatable bonds is 6. The fraction of sp³-hybridized carbons (Fsp3) is 0.222. The Morgan fingerprint density at radius 2 is 1.77 bits per heavy atom. The van der Waals surface area contributed by atoms with Crippen molar-refractivity contribution >= 4 is 33.9 Å². The number of likely N-dealkylation sites (N-methyl/N-ethyl adjacent to an activating group) is 1. The molecule has 4 heteroatoms. The summed E-state index contributed by atoms with van der Waals surface area (Å²) in [5.74, 6) is -0.331. The number of carbonyl (C=O) groups excluding carboxylic acids is 1. The van der Waals surface area contributed by atoms with Gasteiger partial charge in [0.05, 0.1) is 6.42 Å². The van der Waals surface area contributed by atoms with Crippen LogP contribution >= 0.6 is 0 Å². The molecule has 0 saturated carbocycles. The minimum atomic E-state index is -0.288. The first-order valence-corrected chi connectivity index (χ1v) is 10.5.